The molecule has 0 N–H and O–H groups in total. The van der Waals surface area contributed by atoms with Gasteiger partial charge >= 0.3 is 0 Å². The van der Waals surface area contributed by atoms with E-state index in [-0.39, 0.29) is 0 Å². The molecule has 0 saturated carbocycles. The minimum absolute atomic E-state index is 0.669. The molecular formula is C22H27ClN4O. The van der Waals surface area contributed by atoms with Gasteiger partial charge in [-0.25, -0.2) is 4.98 Å². The van der Waals surface area contributed by atoms with Crippen LogP contribution in [0.1, 0.15) is 12.2 Å². The first kappa shape index (κ1) is 19.2. The third kappa shape index (κ3) is 4.66. The van der Waals surface area contributed by atoms with Gasteiger partial charge < -0.3 is 14.2 Å². The number of aryl methyl sites for hydroxylation is 1. The molecule has 0 aliphatic carbocycles. The van der Waals surface area contributed by atoms with E-state index in [1.807, 2.05) is 24.3 Å². The number of benzene rings is 2. The van der Waals surface area contributed by atoms with Gasteiger partial charge in [-0.2, -0.15) is 0 Å². The standard InChI is InChI=1S/C22H27ClN4O/c1-25-12-14-26(15-13-25)17-22-24-20-5-2-3-6-21(20)27(22)11-4-16-28-19-9-7-18(23)8-10-19/h2-3,5-10H,4,11-17H2,1H3. The van der Waals surface area contributed by atoms with Crippen LogP contribution in [0.15, 0.2) is 48.5 Å². The van der Waals surface area contributed by atoms with E-state index < -0.39 is 0 Å². The fraction of sp³-hybridized carbons (Fsp3) is 0.409. The second kappa shape index (κ2) is 8.95. The zero-order valence-electron chi connectivity index (χ0n) is 16.4. The Morgan fingerprint density at radius 3 is 2.54 bits per heavy atom. The number of fused-ring (bicyclic) bond motifs is 1. The molecule has 148 valence electrons. The number of ether oxygens (including phenoxy) is 1. The second-order valence-corrected chi connectivity index (χ2v) is 7.84. The first-order valence-corrected chi connectivity index (χ1v) is 10.3. The van der Waals surface area contributed by atoms with E-state index in [4.69, 9.17) is 21.3 Å². The summed E-state index contributed by atoms with van der Waals surface area (Å²) in [6, 6.07) is 15.9. The van der Waals surface area contributed by atoms with Crippen LogP contribution in [0.4, 0.5) is 0 Å². The van der Waals surface area contributed by atoms with Gasteiger partial charge in [-0.15, -0.1) is 0 Å². The molecule has 3 aromatic rings. The number of para-hydroxylation sites is 2. The third-order valence-corrected chi connectivity index (χ3v) is 5.55. The molecular weight excluding hydrogens is 372 g/mol. The summed E-state index contributed by atoms with van der Waals surface area (Å²) in [5.74, 6) is 2.01. The van der Waals surface area contributed by atoms with Gasteiger partial charge in [0.1, 0.15) is 11.6 Å². The Balaban J connectivity index is 1.42. The Labute approximate surface area is 171 Å². The number of halogens is 1. The Bertz CT molecular complexity index is 901. The summed E-state index contributed by atoms with van der Waals surface area (Å²) in [6.07, 6.45) is 0.929. The summed E-state index contributed by atoms with van der Waals surface area (Å²) in [4.78, 5) is 9.81. The van der Waals surface area contributed by atoms with Crippen LogP contribution in [0.2, 0.25) is 5.02 Å². The third-order valence-electron chi connectivity index (χ3n) is 5.30. The second-order valence-electron chi connectivity index (χ2n) is 7.40. The molecule has 0 radical (unpaired) electrons. The van der Waals surface area contributed by atoms with Gasteiger partial charge in [-0.3, -0.25) is 4.90 Å². The predicted molar refractivity (Wildman–Crippen MR) is 114 cm³/mol. The maximum Gasteiger partial charge on any atom is 0.124 e. The Morgan fingerprint density at radius 2 is 1.75 bits per heavy atom. The van der Waals surface area contributed by atoms with Crippen molar-refractivity contribution in [3.63, 3.8) is 0 Å². The first-order valence-electron chi connectivity index (χ1n) is 9.92. The average molecular weight is 399 g/mol. The largest absolute Gasteiger partial charge is 0.494 e. The summed E-state index contributed by atoms with van der Waals surface area (Å²) in [5.41, 5.74) is 2.28. The minimum atomic E-state index is 0.669. The Hall–Kier alpha value is -2.08. The van der Waals surface area contributed by atoms with Crippen molar-refractivity contribution in [2.75, 3.05) is 39.8 Å². The van der Waals surface area contributed by atoms with Crippen LogP contribution in [-0.4, -0.2) is 59.2 Å². The summed E-state index contributed by atoms with van der Waals surface area (Å²) >= 11 is 5.93. The lowest BCUT2D eigenvalue weighted by Gasteiger charge is -2.32. The normalized spacial score (nSPS) is 15.9. The Kier molecular flexibility index (Phi) is 6.15. The summed E-state index contributed by atoms with van der Waals surface area (Å²) in [6.45, 7) is 6.91. The minimum Gasteiger partial charge on any atom is -0.494 e. The van der Waals surface area contributed by atoms with E-state index in [0.29, 0.717) is 6.61 Å². The molecule has 1 saturated heterocycles. The van der Waals surface area contributed by atoms with E-state index in [0.717, 1.165) is 67.8 Å². The van der Waals surface area contributed by atoms with Crippen molar-refractivity contribution in [2.24, 2.45) is 0 Å². The lowest BCUT2D eigenvalue weighted by Crippen LogP contribution is -2.44. The number of piperazine rings is 1. The number of hydrogen-bond acceptors (Lipinski definition) is 4. The summed E-state index contributed by atoms with van der Waals surface area (Å²) < 4.78 is 8.22. The molecule has 0 unspecified atom stereocenters. The van der Waals surface area contributed by atoms with Gasteiger partial charge in [0.25, 0.3) is 0 Å². The molecule has 28 heavy (non-hydrogen) atoms. The van der Waals surface area contributed by atoms with Crippen molar-refractivity contribution in [3.8, 4) is 5.75 Å². The van der Waals surface area contributed by atoms with Crippen LogP contribution in [0.3, 0.4) is 0 Å². The highest BCUT2D eigenvalue weighted by molar-refractivity contribution is 6.30. The van der Waals surface area contributed by atoms with E-state index in [1.165, 1.54) is 5.52 Å². The molecule has 0 atom stereocenters. The van der Waals surface area contributed by atoms with Crippen molar-refractivity contribution < 1.29 is 4.74 Å². The van der Waals surface area contributed by atoms with Gasteiger partial charge in [-0.05, 0) is 49.9 Å². The molecule has 1 aliphatic heterocycles. The van der Waals surface area contributed by atoms with Crippen LogP contribution in [0.5, 0.6) is 5.75 Å². The van der Waals surface area contributed by atoms with Gasteiger partial charge in [-0.1, -0.05) is 23.7 Å². The SMILES string of the molecule is CN1CCN(Cc2nc3ccccc3n2CCCOc2ccc(Cl)cc2)CC1. The van der Waals surface area contributed by atoms with Crippen molar-refractivity contribution >= 4 is 22.6 Å². The highest BCUT2D eigenvalue weighted by Gasteiger charge is 2.18. The van der Waals surface area contributed by atoms with Gasteiger partial charge in [0.15, 0.2) is 0 Å². The van der Waals surface area contributed by atoms with Crippen molar-refractivity contribution in [2.45, 2.75) is 19.5 Å². The van der Waals surface area contributed by atoms with Crippen LogP contribution in [-0.2, 0) is 13.1 Å². The average Bonchev–Trinajstić information content (AvgIpc) is 3.05. The van der Waals surface area contributed by atoms with Crippen molar-refractivity contribution in [1.29, 1.82) is 0 Å². The summed E-state index contributed by atoms with van der Waals surface area (Å²) in [5, 5.41) is 0.728. The van der Waals surface area contributed by atoms with E-state index in [9.17, 15) is 0 Å². The molecule has 0 spiro atoms. The maximum atomic E-state index is 5.93. The maximum absolute atomic E-state index is 5.93. The zero-order valence-corrected chi connectivity index (χ0v) is 17.1. The van der Waals surface area contributed by atoms with Crippen molar-refractivity contribution in [1.82, 2.24) is 19.4 Å². The first-order chi connectivity index (χ1) is 13.7. The van der Waals surface area contributed by atoms with Crippen LogP contribution >= 0.6 is 11.6 Å². The number of aromatic nitrogens is 2. The lowest BCUT2D eigenvalue weighted by molar-refractivity contribution is 0.144. The molecule has 6 heteroatoms. The number of likely N-dealkylation sites (N-methyl/N-ethyl adjacent to an activating group) is 1. The van der Waals surface area contributed by atoms with Gasteiger partial charge in [0.05, 0.1) is 24.2 Å². The number of imidazole rings is 1. The Morgan fingerprint density at radius 1 is 1.00 bits per heavy atom. The number of nitrogens with zero attached hydrogens (tertiary/aromatic N) is 4. The molecule has 0 amide bonds. The van der Waals surface area contributed by atoms with Gasteiger partial charge in [0, 0.05) is 37.7 Å². The predicted octanol–water partition coefficient (Wildman–Crippen LogP) is 3.91. The molecule has 2 aromatic carbocycles. The van der Waals surface area contributed by atoms with Crippen LogP contribution in [0.25, 0.3) is 11.0 Å². The highest BCUT2D eigenvalue weighted by atomic mass is 35.5. The smallest absolute Gasteiger partial charge is 0.124 e. The lowest BCUT2D eigenvalue weighted by atomic mass is 10.3. The molecule has 1 aromatic heterocycles. The van der Waals surface area contributed by atoms with Crippen LogP contribution in [0, 0.1) is 0 Å². The van der Waals surface area contributed by atoms with E-state index in [2.05, 4.69) is 45.7 Å². The topological polar surface area (TPSA) is 33.5 Å². The molecule has 1 fully saturated rings. The number of hydrogen-bond donors (Lipinski definition) is 0. The quantitative estimate of drug-likeness (QED) is 0.565. The highest BCUT2D eigenvalue weighted by Crippen LogP contribution is 2.19. The fourth-order valence-electron chi connectivity index (χ4n) is 3.65. The van der Waals surface area contributed by atoms with Crippen LogP contribution < -0.4 is 4.74 Å². The molecule has 4 rings (SSSR count). The van der Waals surface area contributed by atoms with Gasteiger partial charge in [0.2, 0.25) is 0 Å². The monoisotopic (exact) mass is 398 g/mol. The zero-order chi connectivity index (χ0) is 19.3. The van der Waals surface area contributed by atoms with E-state index >= 15 is 0 Å². The molecule has 1 aliphatic rings. The number of rotatable bonds is 7. The van der Waals surface area contributed by atoms with E-state index in [1.54, 1.807) is 0 Å². The summed E-state index contributed by atoms with van der Waals surface area (Å²) in [7, 11) is 2.19. The van der Waals surface area contributed by atoms with Crippen molar-refractivity contribution in [3.05, 3.63) is 59.4 Å². The molecule has 5 nitrogen and oxygen atoms in total. The molecule has 0 bridgehead atoms. The molecule has 2 heterocycles. The fourth-order valence-corrected chi connectivity index (χ4v) is 3.77.